The Balaban J connectivity index is 3.47. The number of carboxylic acids is 1. The molecule has 1 atom stereocenters. The van der Waals surface area contributed by atoms with Gasteiger partial charge in [0, 0.05) is 6.54 Å². The first-order chi connectivity index (χ1) is 6.57. The van der Waals surface area contributed by atoms with Crippen molar-refractivity contribution in [2.24, 2.45) is 11.0 Å². The first-order valence-corrected chi connectivity index (χ1v) is 5.08. The van der Waals surface area contributed by atoms with E-state index < -0.39 is 5.97 Å². The monoisotopic (exact) mass is 200 g/mol. The molecule has 0 radical (unpaired) electrons. The molecular weight excluding hydrogens is 180 g/mol. The van der Waals surface area contributed by atoms with Crippen molar-refractivity contribution in [2.45, 2.75) is 40.0 Å². The lowest BCUT2D eigenvalue weighted by Gasteiger charge is -2.07. The first-order valence-electron chi connectivity index (χ1n) is 5.08. The molecule has 0 fully saturated rings. The van der Waals surface area contributed by atoms with Gasteiger partial charge in [0.05, 0.1) is 0 Å². The fourth-order valence-corrected chi connectivity index (χ4v) is 0.956. The maximum Gasteiger partial charge on any atom is 0.351 e. The molecular formula is C10H20N2O2. The van der Waals surface area contributed by atoms with E-state index >= 15 is 0 Å². The third-order valence-corrected chi connectivity index (χ3v) is 2.24. The lowest BCUT2D eigenvalue weighted by molar-refractivity contribution is -0.129. The Morgan fingerprint density at radius 3 is 2.71 bits per heavy atom. The van der Waals surface area contributed by atoms with Crippen LogP contribution in [0.3, 0.4) is 0 Å². The number of carbonyl (C=O) groups is 1. The molecule has 0 aromatic rings. The van der Waals surface area contributed by atoms with Crippen molar-refractivity contribution >= 4 is 11.7 Å². The van der Waals surface area contributed by atoms with Gasteiger partial charge in [0.15, 0.2) is 0 Å². The lowest BCUT2D eigenvalue weighted by Crippen LogP contribution is -2.16. The highest BCUT2D eigenvalue weighted by atomic mass is 16.4. The summed E-state index contributed by atoms with van der Waals surface area (Å²) in [5.41, 5.74) is 2.86. The maximum atomic E-state index is 10.3. The highest BCUT2D eigenvalue weighted by molar-refractivity contribution is 6.34. The molecule has 82 valence electrons. The molecule has 2 N–H and O–H groups in total. The van der Waals surface area contributed by atoms with Gasteiger partial charge in [-0.2, -0.15) is 5.10 Å². The zero-order valence-electron chi connectivity index (χ0n) is 9.21. The average molecular weight is 200 g/mol. The van der Waals surface area contributed by atoms with Crippen LogP contribution in [0.15, 0.2) is 5.10 Å². The predicted molar refractivity (Wildman–Crippen MR) is 57.4 cm³/mol. The minimum Gasteiger partial charge on any atom is -0.477 e. The zero-order chi connectivity index (χ0) is 11.0. The quantitative estimate of drug-likeness (QED) is 0.374. The molecule has 0 saturated heterocycles. The maximum absolute atomic E-state index is 10.3. The summed E-state index contributed by atoms with van der Waals surface area (Å²) in [6.45, 7) is 6.61. The van der Waals surface area contributed by atoms with Crippen LogP contribution in [0.1, 0.15) is 40.0 Å². The van der Waals surface area contributed by atoms with Crippen molar-refractivity contribution in [3.05, 3.63) is 0 Å². The Labute approximate surface area is 85.4 Å². The molecule has 0 amide bonds. The van der Waals surface area contributed by atoms with Crippen molar-refractivity contribution in [1.29, 1.82) is 0 Å². The molecule has 4 nitrogen and oxygen atoms in total. The van der Waals surface area contributed by atoms with E-state index in [0.29, 0.717) is 0 Å². The molecule has 0 aromatic heterocycles. The standard InChI is InChI=1S/C10H20N2O2/c1-4-8(2)6-5-7-11-12-9(3)10(13)14/h8,11H,4-7H2,1-3H3,(H,13,14). The molecule has 0 rings (SSSR count). The number of aliphatic carboxylic acids is 1. The summed E-state index contributed by atoms with van der Waals surface area (Å²) in [6, 6.07) is 0. The third-order valence-electron chi connectivity index (χ3n) is 2.24. The van der Waals surface area contributed by atoms with E-state index in [1.165, 1.54) is 13.3 Å². The van der Waals surface area contributed by atoms with Gasteiger partial charge in [-0.05, 0) is 25.7 Å². The Morgan fingerprint density at radius 1 is 1.57 bits per heavy atom. The smallest absolute Gasteiger partial charge is 0.351 e. The number of nitrogens with zero attached hydrogens (tertiary/aromatic N) is 1. The fourth-order valence-electron chi connectivity index (χ4n) is 0.956. The largest absolute Gasteiger partial charge is 0.477 e. The topological polar surface area (TPSA) is 61.7 Å². The van der Waals surface area contributed by atoms with Gasteiger partial charge in [-0.15, -0.1) is 0 Å². The van der Waals surface area contributed by atoms with Crippen LogP contribution < -0.4 is 5.43 Å². The highest BCUT2D eigenvalue weighted by Gasteiger charge is 2.00. The highest BCUT2D eigenvalue weighted by Crippen LogP contribution is 2.07. The van der Waals surface area contributed by atoms with Gasteiger partial charge in [-0.25, -0.2) is 4.79 Å². The van der Waals surface area contributed by atoms with Crippen molar-refractivity contribution in [1.82, 2.24) is 5.43 Å². The summed E-state index contributed by atoms with van der Waals surface area (Å²) in [5.74, 6) is -0.235. The van der Waals surface area contributed by atoms with E-state index in [1.54, 1.807) is 0 Å². The molecule has 0 spiro atoms. The molecule has 1 unspecified atom stereocenters. The molecule has 0 aliphatic carbocycles. The number of hydrogen-bond donors (Lipinski definition) is 2. The average Bonchev–Trinajstić information content (AvgIpc) is 2.16. The summed E-state index contributed by atoms with van der Waals surface area (Å²) < 4.78 is 0. The van der Waals surface area contributed by atoms with Crippen LogP contribution in [-0.4, -0.2) is 23.3 Å². The Bertz CT molecular complexity index is 202. The van der Waals surface area contributed by atoms with Gasteiger partial charge < -0.3 is 10.5 Å². The summed E-state index contributed by atoms with van der Waals surface area (Å²) in [6.07, 6.45) is 3.38. The van der Waals surface area contributed by atoms with Crippen LogP contribution in [-0.2, 0) is 4.79 Å². The summed E-state index contributed by atoms with van der Waals surface area (Å²) in [4.78, 5) is 10.3. The van der Waals surface area contributed by atoms with E-state index in [4.69, 9.17) is 5.11 Å². The van der Waals surface area contributed by atoms with Crippen LogP contribution in [0.2, 0.25) is 0 Å². The zero-order valence-corrected chi connectivity index (χ0v) is 9.21. The molecule has 0 aliphatic heterocycles. The summed E-state index contributed by atoms with van der Waals surface area (Å²) in [7, 11) is 0. The molecule has 0 saturated carbocycles. The Kier molecular flexibility index (Phi) is 6.80. The van der Waals surface area contributed by atoms with Crippen LogP contribution in [0.25, 0.3) is 0 Å². The van der Waals surface area contributed by atoms with Gasteiger partial charge in [0.2, 0.25) is 0 Å². The molecule has 0 aromatic carbocycles. The van der Waals surface area contributed by atoms with Crippen LogP contribution in [0.5, 0.6) is 0 Å². The lowest BCUT2D eigenvalue weighted by atomic mass is 10.0. The number of hydrazone groups is 1. The van der Waals surface area contributed by atoms with Crippen LogP contribution >= 0.6 is 0 Å². The van der Waals surface area contributed by atoms with Gasteiger partial charge >= 0.3 is 5.97 Å². The summed E-state index contributed by atoms with van der Waals surface area (Å²) in [5, 5.41) is 12.2. The normalized spacial score (nSPS) is 13.8. The van der Waals surface area contributed by atoms with E-state index in [-0.39, 0.29) is 5.71 Å². The van der Waals surface area contributed by atoms with Gasteiger partial charge in [-0.1, -0.05) is 20.3 Å². The van der Waals surface area contributed by atoms with Crippen molar-refractivity contribution in [3.63, 3.8) is 0 Å². The fraction of sp³-hybridized carbons (Fsp3) is 0.800. The number of hydrogen-bond acceptors (Lipinski definition) is 3. The van der Waals surface area contributed by atoms with Crippen molar-refractivity contribution in [2.75, 3.05) is 6.54 Å². The second-order valence-electron chi connectivity index (χ2n) is 3.57. The second kappa shape index (κ2) is 7.35. The molecule has 0 bridgehead atoms. The number of rotatable bonds is 7. The SMILES string of the molecule is CCC(C)CCCNN=C(C)C(=O)O. The van der Waals surface area contributed by atoms with E-state index in [2.05, 4.69) is 24.4 Å². The van der Waals surface area contributed by atoms with Crippen molar-refractivity contribution < 1.29 is 9.90 Å². The van der Waals surface area contributed by atoms with Crippen LogP contribution in [0, 0.1) is 5.92 Å². The Hall–Kier alpha value is -1.06. The molecule has 14 heavy (non-hydrogen) atoms. The van der Waals surface area contributed by atoms with E-state index in [1.807, 2.05) is 0 Å². The molecule has 0 heterocycles. The minimum absolute atomic E-state index is 0.105. The van der Waals surface area contributed by atoms with Gasteiger partial charge in [0.25, 0.3) is 0 Å². The second-order valence-corrected chi connectivity index (χ2v) is 3.57. The summed E-state index contributed by atoms with van der Waals surface area (Å²) >= 11 is 0. The predicted octanol–water partition coefficient (Wildman–Crippen LogP) is 1.86. The van der Waals surface area contributed by atoms with Gasteiger partial charge in [-0.3, -0.25) is 0 Å². The molecule has 0 aliphatic rings. The van der Waals surface area contributed by atoms with Gasteiger partial charge in [0.1, 0.15) is 5.71 Å². The number of nitrogens with one attached hydrogen (secondary N) is 1. The Morgan fingerprint density at radius 2 is 2.21 bits per heavy atom. The van der Waals surface area contributed by atoms with E-state index in [0.717, 1.165) is 25.3 Å². The third kappa shape index (κ3) is 6.46. The minimum atomic E-state index is -0.973. The number of carboxylic acid groups (broad SMARTS) is 1. The van der Waals surface area contributed by atoms with E-state index in [9.17, 15) is 4.79 Å². The van der Waals surface area contributed by atoms with Crippen LogP contribution in [0.4, 0.5) is 0 Å². The van der Waals surface area contributed by atoms with Crippen molar-refractivity contribution in [3.8, 4) is 0 Å². The molecule has 4 heteroatoms. The first kappa shape index (κ1) is 12.9.